The summed E-state index contributed by atoms with van der Waals surface area (Å²) in [7, 11) is 3.13. The Kier molecular flexibility index (Phi) is 7.27. The maximum atomic E-state index is 13.9. The van der Waals surface area contributed by atoms with Crippen molar-refractivity contribution in [3.05, 3.63) is 59.4 Å². The molecule has 1 amide bonds. The number of methoxy groups -OCH3 is 1. The Labute approximate surface area is 177 Å². The van der Waals surface area contributed by atoms with E-state index in [1.807, 2.05) is 36.1 Å². The second-order valence-electron chi connectivity index (χ2n) is 7.29. The van der Waals surface area contributed by atoms with Crippen molar-refractivity contribution in [2.45, 2.75) is 32.2 Å². The molecule has 0 saturated heterocycles. The van der Waals surface area contributed by atoms with E-state index < -0.39 is 5.82 Å². The number of nitrogens with one attached hydrogen (secondary N) is 2. The molecule has 1 atom stereocenters. The molecule has 0 saturated carbocycles. The van der Waals surface area contributed by atoms with Gasteiger partial charge in [0.2, 0.25) is 5.91 Å². The minimum atomic E-state index is -0.395. The molecule has 30 heavy (non-hydrogen) atoms. The number of carbonyl (C=O) groups excluding carboxylic acids is 1. The highest BCUT2D eigenvalue weighted by molar-refractivity contribution is 5.95. The summed E-state index contributed by atoms with van der Waals surface area (Å²) in [5.74, 6) is 0.580. The molecule has 0 spiro atoms. The summed E-state index contributed by atoms with van der Waals surface area (Å²) in [6.45, 7) is 3.30. The van der Waals surface area contributed by atoms with Crippen molar-refractivity contribution < 1.29 is 13.9 Å². The van der Waals surface area contributed by atoms with Crippen LogP contribution in [0.3, 0.4) is 0 Å². The number of halogens is 1. The molecular weight excluding hydrogens is 383 g/mol. The zero-order valence-corrected chi connectivity index (χ0v) is 17.7. The number of nitrogens with zero attached hydrogens (tertiary/aromatic N) is 2. The van der Waals surface area contributed by atoms with E-state index >= 15 is 0 Å². The van der Waals surface area contributed by atoms with Crippen LogP contribution in [0, 0.1) is 5.82 Å². The van der Waals surface area contributed by atoms with E-state index in [0.717, 1.165) is 24.2 Å². The van der Waals surface area contributed by atoms with Gasteiger partial charge in [-0.1, -0.05) is 24.3 Å². The van der Waals surface area contributed by atoms with Crippen LogP contribution in [0.1, 0.15) is 36.9 Å². The predicted molar refractivity (Wildman–Crippen MR) is 118 cm³/mol. The minimum absolute atomic E-state index is 0.140. The molecule has 2 aromatic rings. The number of hydrogen-bond acceptors (Lipinski definition) is 3. The van der Waals surface area contributed by atoms with E-state index in [9.17, 15) is 9.18 Å². The monoisotopic (exact) mass is 412 g/mol. The summed E-state index contributed by atoms with van der Waals surface area (Å²) in [4.78, 5) is 18.7. The smallest absolute Gasteiger partial charge is 0.227 e. The van der Waals surface area contributed by atoms with Crippen molar-refractivity contribution >= 4 is 17.6 Å². The van der Waals surface area contributed by atoms with Gasteiger partial charge in [-0.15, -0.1) is 0 Å². The SMILES string of the molecule is CN=C(NCCCC(=O)N1CCc2ccccc21)NC(C)c1ccc(OC)c(F)c1. The lowest BCUT2D eigenvalue weighted by Gasteiger charge is -2.19. The normalized spacial score (nSPS) is 14.3. The molecule has 6 nitrogen and oxygen atoms in total. The van der Waals surface area contributed by atoms with Crippen molar-refractivity contribution in [3.8, 4) is 5.75 Å². The fraction of sp³-hybridized carbons (Fsp3) is 0.391. The Bertz CT molecular complexity index is 916. The zero-order chi connectivity index (χ0) is 21.5. The minimum Gasteiger partial charge on any atom is -0.494 e. The third-order valence-electron chi connectivity index (χ3n) is 5.30. The number of hydrogen-bond donors (Lipinski definition) is 2. The van der Waals surface area contributed by atoms with Gasteiger partial charge in [-0.05, 0) is 49.1 Å². The number of fused-ring (bicyclic) bond motifs is 1. The van der Waals surface area contributed by atoms with Gasteiger partial charge in [0.15, 0.2) is 17.5 Å². The number of ether oxygens (including phenoxy) is 1. The first kappa shape index (κ1) is 21.6. The van der Waals surface area contributed by atoms with Gasteiger partial charge in [0.25, 0.3) is 0 Å². The zero-order valence-electron chi connectivity index (χ0n) is 17.7. The van der Waals surface area contributed by atoms with Crippen molar-refractivity contribution in [1.29, 1.82) is 0 Å². The van der Waals surface area contributed by atoms with Crippen LogP contribution >= 0.6 is 0 Å². The van der Waals surface area contributed by atoms with Gasteiger partial charge in [0.05, 0.1) is 13.2 Å². The number of carbonyl (C=O) groups is 1. The molecule has 1 aliphatic heterocycles. The molecular formula is C23H29FN4O2. The molecule has 2 N–H and O–H groups in total. The van der Waals surface area contributed by atoms with Crippen molar-refractivity contribution in [3.63, 3.8) is 0 Å². The molecule has 2 aromatic carbocycles. The number of aliphatic imine (C=N–C) groups is 1. The van der Waals surface area contributed by atoms with Gasteiger partial charge < -0.3 is 20.3 Å². The summed E-state index contributed by atoms with van der Waals surface area (Å²) in [5.41, 5.74) is 3.06. The predicted octanol–water partition coefficient (Wildman–Crippen LogP) is 3.43. The topological polar surface area (TPSA) is 66.0 Å². The second kappa shape index (κ2) is 10.1. The number of para-hydroxylation sites is 1. The molecule has 0 aliphatic carbocycles. The van der Waals surface area contributed by atoms with Crippen molar-refractivity contribution in [1.82, 2.24) is 10.6 Å². The lowest BCUT2D eigenvalue weighted by Crippen LogP contribution is -2.39. The van der Waals surface area contributed by atoms with E-state index in [-0.39, 0.29) is 17.7 Å². The van der Waals surface area contributed by atoms with E-state index in [1.165, 1.54) is 18.7 Å². The fourth-order valence-electron chi connectivity index (χ4n) is 3.61. The molecule has 160 valence electrons. The van der Waals surface area contributed by atoms with Gasteiger partial charge in [-0.25, -0.2) is 4.39 Å². The number of guanidine groups is 1. The van der Waals surface area contributed by atoms with Gasteiger partial charge in [0.1, 0.15) is 0 Å². The van der Waals surface area contributed by atoms with E-state index in [0.29, 0.717) is 25.3 Å². The van der Waals surface area contributed by atoms with E-state index in [2.05, 4.69) is 21.7 Å². The summed E-state index contributed by atoms with van der Waals surface area (Å²) >= 11 is 0. The molecule has 7 heteroatoms. The molecule has 0 aromatic heterocycles. The number of amides is 1. The summed E-state index contributed by atoms with van der Waals surface area (Å²) < 4.78 is 18.9. The maximum Gasteiger partial charge on any atom is 0.227 e. The third kappa shape index (κ3) is 5.09. The van der Waals surface area contributed by atoms with Crippen LogP contribution in [0.25, 0.3) is 0 Å². The number of benzene rings is 2. The van der Waals surface area contributed by atoms with Gasteiger partial charge in [-0.2, -0.15) is 0 Å². The number of anilines is 1. The van der Waals surface area contributed by atoms with Crippen LogP contribution in [0.15, 0.2) is 47.5 Å². The third-order valence-corrected chi connectivity index (χ3v) is 5.30. The average Bonchev–Trinajstić information content (AvgIpc) is 3.19. The Balaban J connectivity index is 1.45. The molecule has 0 fully saturated rings. The summed E-state index contributed by atoms with van der Waals surface area (Å²) in [6.07, 6.45) is 2.09. The highest BCUT2D eigenvalue weighted by Crippen LogP contribution is 2.28. The Hall–Kier alpha value is -3.09. The van der Waals surface area contributed by atoms with Gasteiger partial charge in [0, 0.05) is 32.2 Å². The standard InChI is InChI=1S/C23H29FN4O2/c1-16(18-10-11-21(30-3)19(24)15-18)27-23(25-2)26-13-6-9-22(29)28-14-12-17-7-4-5-8-20(17)28/h4-5,7-8,10-11,15-16H,6,9,12-14H2,1-3H3,(H2,25,26,27). The Morgan fingerprint density at radius 1 is 1.30 bits per heavy atom. The molecule has 1 aliphatic rings. The maximum absolute atomic E-state index is 13.9. The van der Waals surface area contributed by atoms with E-state index in [4.69, 9.17) is 4.74 Å². The number of rotatable bonds is 7. The Morgan fingerprint density at radius 3 is 2.83 bits per heavy atom. The molecule has 3 rings (SSSR count). The molecule has 0 bridgehead atoms. The Morgan fingerprint density at radius 2 is 2.10 bits per heavy atom. The molecule has 1 heterocycles. The lowest BCUT2D eigenvalue weighted by atomic mass is 10.1. The first-order chi connectivity index (χ1) is 14.5. The highest BCUT2D eigenvalue weighted by Gasteiger charge is 2.23. The quantitative estimate of drug-likeness (QED) is 0.415. The van der Waals surface area contributed by atoms with Crippen LogP contribution in [-0.2, 0) is 11.2 Å². The van der Waals surface area contributed by atoms with Crippen LogP contribution in [-0.4, -0.2) is 39.1 Å². The fourth-order valence-corrected chi connectivity index (χ4v) is 3.61. The second-order valence-corrected chi connectivity index (χ2v) is 7.29. The van der Waals surface area contributed by atoms with Gasteiger partial charge >= 0.3 is 0 Å². The summed E-state index contributed by atoms with van der Waals surface area (Å²) in [6, 6.07) is 12.8. The van der Waals surface area contributed by atoms with Crippen molar-refractivity contribution in [2.75, 3.05) is 32.1 Å². The largest absolute Gasteiger partial charge is 0.494 e. The first-order valence-electron chi connectivity index (χ1n) is 10.2. The van der Waals surface area contributed by atoms with Crippen molar-refractivity contribution in [2.24, 2.45) is 4.99 Å². The molecule has 1 unspecified atom stereocenters. The highest BCUT2D eigenvalue weighted by atomic mass is 19.1. The van der Waals surface area contributed by atoms with Crippen LogP contribution in [0.2, 0.25) is 0 Å². The van der Waals surface area contributed by atoms with Crippen LogP contribution in [0.5, 0.6) is 5.75 Å². The van der Waals surface area contributed by atoms with Gasteiger partial charge in [-0.3, -0.25) is 9.79 Å². The summed E-state index contributed by atoms with van der Waals surface area (Å²) in [5, 5.41) is 6.46. The first-order valence-corrected chi connectivity index (χ1v) is 10.2. The van der Waals surface area contributed by atoms with Crippen LogP contribution in [0.4, 0.5) is 10.1 Å². The van der Waals surface area contributed by atoms with E-state index in [1.54, 1.807) is 13.1 Å². The lowest BCUT2D eigenvalue weighted by molar-refractivity contribution is -0.118. The van der Waals surface area contributed by atoms with Crippen LogP contribution < -0.4 is 20.3 Å². The molecule has 0 radical (unpaired) electrons. The average molecular weight is 413 g/mol.